The Morgan fingerprint density at radius 3 is 2.88 bits per heavy atom. The average molecular weight is 289 g/mol. The van der Waals surface area contributed by atoms with E-state index in [0.29, 0.717) is 17.6 Å². The molecule has 0 atom stereocenters. The molecular weight excluding hydrogens is 276 g/mol. The molecule has 0 unspecified atom stereocenters. The number of esters is 1. The summed E-state index contributed by atoms with van der Waals surface area (Å²) in [5, 5.41) is 0. The van der Waals surface area contributed by atoms with Gasteiger partial charge in [-0.05, 0) is 28.9 Å². The molecule has 0 aliphatic heterocycles. The minimum absolute atomic E-state index is 0.0182. The first-order valence-corrected chi connectivity index (χ1v) is 5.66. The highest BCUT2D eigenvalue weighted by Crippen LogP contribution is 2.09. The molecule has 0 fully saturated rings. The van der Waals surface area contributed by atoms with Crippen LogP contribution in [0.15, 0.2) is 21.5 Å². The summed E-state index contributed by atoms with van der Waals surface area (Å²) >= 11 is 3.23. The van der Waals surface area contributed by atoms with E-state index in [1.165, 1.54) is 10.6 Å². The van der Waals surface area contributed by atoms with Gasteiger partial charge in [0, 0.05) is 23.8 Å². The largest absolute Gasteiger partial charge is 0.462 e. The van der Waals surface area contributed by atoms with Crippen LogP contribution in [0.1, 0.15) is 17.3 Å². The SMILES string of the molecule is CCOC(=O)c1cc(Br)cn(CCN)c1=O. The summed E-state index contributed by atoms with van der Waals surface area (Å²) in [5.74, 6) is -0.612. The number of pyridine rings is 1. The Bertz CT molecular complexity index is 442. The molecule has 88 valence electrons. The lowest BCUT2D eigenvalue weighted by Gasteiger charge is -2.07. The van der Waals surface area contributed by atoms with Gasteiger partial charge in [-0.25, -0.2) is 4.79 Å². The maximum absolute atomic E-state index is 11.8. The predicted molar refractivity (Wildman–Crippen MR) is 63.4 cm³/mol. The number of hydrogen-bond acceptors (Lipinski definition) is 4. The molecule has 0 aliphatic carbocycles. The molecule has 0 saturated carbocycles. The van der Waals surface area contributed by atoms with E-state index in [2.05, 4.69) is 15.9 Å². The number of carbonyl (C=O) groups is 1. The van der Waals surface area contributed by atoms with E-state index in [1.54, 1.807) is 13.1 Å². The van der Waals surface area contributed by atoms with Crippen LogP contribution in [0.2, 0.25) is 0 Å². The number of ether oxygens (including phenoxy) is 1. The van der Waals surface area contributed by atoms with Crippen molar-refractivity contribution in [2.75, 3.05) is 13.2 Å². The van der Waals surface area contributed by atoms with Crippen molar-refractivity contribution in [2.45, 2.75) is 13.5 Å². The second-order valence-corrected chi connectivity index (χ2v) is 4.00. The standard InChI is InChI=1S/C10H13BrN2O3/c1-2-16-10(15)8-5-7(11)6-13(4-3-12)9(8)14/h5-6H,2-4,12H2,1H3. The fourth-order valence-corrected chi connectivity index (χ4v) is 1.74. The lowest BCUT2D eigenvalue weighted by molar-refractivity contribution is 0.0523. The third-order valence-electron chi connectivity index (χ3n) is 1.92. The topological polar surface area (TPSA) is 74.3 Å². The summed E-state index contributed by atoms with van der Waals surface area (Å²) in [6.07, 6.45) is 1.60. The molecule has 0 amide bonds. The number of nitrogens with two attached hydrogens (primary N) is 1. The van der Waals surface area contributed by atoms with E-state index in [-0.39, 0.29) is 17.7 Å². The number of carbonyl (C=O) groups excluding carboxylic acids is 1. The van der Waals surface area contributed by atoms with Gasteiger partial charge in [0.25, 0.3) is 5.56 Å². The van der Waals surface area contributed by atoms with Crippen LogP contribution in [-0.2, 0) is 11.3 Å². The van der Waals surface area contributed by atoms with Gasteiger partial charge in [0.15, 0.2) is 0 Å². The van der Waals surface area contributed by atoms with Gasteiger partial charge in [-0.1, -0.05) is 0 Å². The normalized spacial score (nSPS) is 10.2. The Hall–Kier alpha value is -1.14. The molecule has 1 aromatic rings. The molecule has 1 aromatic heterocycles. The maximum atomic E-state index is 11.8. The lowest BCUT2D eigenvalue weighted by atomic mass is 10.3. The van der Waals surface area contributed by atoms with Crippen molar-refractivity contribution in [3.63, 3.8) is 0 Å². The Balaban J connectivity index is 3.18. The Morgan fingerprint density at radius 1 is 1.62 bits per heavy atom. The second kappa shape index (κ2) is 5.81. The van der Waals surface area contributed by atoms with E-state index in [4.69, 9.17) is 10.5 Å². The van der Waals surface area contributed by atoms with Gasteiger partial charge in [-0.15, -0.1) is 0 Å². The molecule has 2 N–H and O–H groups in total. The maximum Gasteiger partial charge on any atom is 0.343 e. The highest BCUT2D eigenvalue weighted by atomic mass is 79.9. The second-order valence-electron chi connectivity index (χ2n) is 3.08. The Morgan fingerprint density at radius 2 is 2.31 bits per heavy atom. The molecule has 0 aliphatic rings. The molecule has 0 spiro atoms. The minimum Gasteiger partial charge on any atom is -0.462 e. The Kier molecular flexibility index (Phi) is 4.70. The van der Waals surface area contributed by atoms with Crippen LogP contribution in [0.4, 0.5) is 0 Å². The summed E-state index contributed by atoms with van der Waals surface area (Å²) in [6, 6.07) is 1.45. The monoisotopic (exact) mass is 288 g/mol. The summed E-state index contributed by atoms with van der Waals surface area (Å²) < 4.78 is 6.82. The zero-order valence-electron chi connectivity index (χ0n) is 8.90. The van der Waals surface area contributed by atoms with Crippen LogP contribution in [-0.4, -0.2) is 23.7 Å². The van der Waals surface area contributed by atoms with Crippen LogP contribution in [0.5, 0.6) is 0 Å². The molecule has 1 heterocycles. The van der Waals surface area contributed by atoms with Gasteiger partial charge in [0.2, 0.25) is 0 Å². The molecule has 16 heavy (non-hydrogen) atoms. The van der Waals surface area contributed by atoms with Gasteiger partial charge in [0.1, 0.15) is 5.56 Å². The third kappa shape index (κ3) is 2.93. The summed E-state index contributed by atoms with van der Waals surface area (Å²) in [5.41, 5.74) is 5.01. The van der Waals surface area contributed by atoms with Crippen LogP contribution in [0, 0.1) is 0 Å². The number of nitrogens with zero attached hydrogens (tertiary/aromatic N) is 1. The van der Waals surface area contributed by atoms with E-state index in [9.17, 15) is 9.59 Å². The first-order chi connectivity index (χ1) is 7.60. The van der Waals surface area contributed by atoms with Gasteiger partial charge >= 0.3 is 5.97 Å². The molecule has 0 aromatic carbocycles. The van der Waals surface area contributed by atoms with Crippen LogP contribution in [0.25, 0.3) is 0 Å². The zero-order valence-corrected chi connectivity index (χ0v) is 10.5. The molecule has 0 saturated heterocycles. The first kappa shape index (κ1) is 12.9. The number of hydrogen-bond donors (Lipinski definition) is 1. The molecule has 0 bridgehead atoms. The van der Waals surface area contributed by atoms with E-state index < -0.39 is 5.97 Å². The van der Waals surface area contributed by atoms with Crippen LogP contribution in [0.3, 0.4) is 0 Å². The molecule has 1 rings (SSSR count). The van der Waals surface area contributed by atoms with Crippen molar-refractivity contribution in [1.82, 2.24) is 4.57 Å². The van der Waals surface area contributed by atoms with Crippen molar-refractivity contribution >= 4 is 21.9 Å². The Labute approximate surface area is 101 Å². The summed E-state index contributed by atoms with van der Waals surface area (Å²) in [6.45, 7) is 2.62. The van der Waals surface area contributed by atoms with Gasteiger partial charge < -0.3 is 15.0 Å². The zero-order chi connectivity index (χ0) is 12.1. The van der Waals surface area contributed by atoms with Crippen LogP contribution < -0.4 is 11.3 Å². The van der Waals surface area contributed by atoms with Gasteiger partial charge in [-0.3, -0.25) is 4.79 Å². The quantitative estimate of drug-likeness (QED) is 0.830. The fraction of sp³-hybridized carbons (Fsp3) is 0.400. The smallest absolute Gasteiger partial charge is 0.343 e. The van der Waals surface area contributed by atoms with Gasteiger partial charge in [-0.2, -0.15) is 0 Å². The third-order valence-corrected chi connectivity index (χ3v) is 2.35. The van der Waals surface area contributed by atoms with Gasteiger partial charge in [0.05, 0.1) is 6.61 Å². The first-order valence-electron chi connectivity index (χ1n) is 4.87. The van der Waals surface area contributed by atoms with E-state index in [1.807, 2.05) is 0 Å². The van der Waals surface area contributed by atoms with Crippen molar-refractivity contribution in [3.05, 3.63) is 32.7 Å². The van der Waals surface area contributed by atoms with Crippen LogP contribution >= 0.6 is 15.9 Å². The van der Waals surface area contributed by atoms with Crippen molar-refractivity contribution < 1.29 is 9.53 Å². The van der Waals surface area contributed by atoms with Crippen molar-refractivity contribution in [2.24, 2.45) is 5.73 Å². The summed E-state index contributed by atoms with van der Waals surface area (Å²) in [7, 11) is 0. The molecule has 6 heteroatoms. The predicted octanol–water partition coefficient (Wildman–Crippen LogP) is 0.746. The number of aromatic nitrogens is 1. The van der Waals surface area contributed by atoms with E-state index >= 15 is 0 Å². The highest BCUT2D eigenvalue weighted by molar-refractivity contribution is 9.10. The molecule has 5 nitrogen and oxygen atoms in total. The minimum atomic E-state index is -0.612. The molecular formula is C10H13BrN2O3. The summed E-state index contributed by atoms with van der Waals surface area (Å²) in [4.78, 5) is 23.3. The average Bonchev–Trinajstić information content (AvgIpc) is 2.23. The van der Waals surface area contributed by atoms with Crippen molar-refractivity contribution in [3.8, 4) is 0 Å². The number of rotatable bonds is 4. The highest BCUT2D eigenvalue weighted by Gasteiger charge is 2.14. The number of halogens is 1. The van der Waals surface area contributed by atoms with E-state index in [0.717, 1.165) is 0 Å². The fourth-order valence-electron chi connectivity index (χ4n) is 1.26. The van der Waals surface area contributed by atoms with Crippen molar-refractivity contribution in [1.29, 1.82) is 0 Å². The lowest BCUT2D eigenvalue weighted by Crippen LogP contribution is -2.29. The molecule has 0 radical (unpaired) electrons.